The molecule has 0 atom stereocenters. The first-order valence-electron chi connectivity index (χ1n) is 7.10. The first kappa shape index (κ1) is 14.5. The predicted molar refractivity (Wildman–Crippen MR) is 90.9 cm³/mol. The molecule has 24 heavy (non-hydrogen) atoms. The van der Waals surface area contributed by atoms with Crippen LogP contribution in [0.2, 0.25) is 5.02 Å². The first-order valence-corrected chi connectivity index (χ1v) is 7.47. The summed E-state index contributed by atoms with van der Waals surface area (Å²) in [5.74, 6) is -0.521. The Bertz CT molecular complexity index is 1130. The van der Waals surface area contributed by atoms with Crippen LogP contribution >= 0.6 is 11.6 Å². The lowest BCUT2D eigenvalue weighted by Gasteiger charge is -2.09. The molecule has 2 heterocycles. The molecular weight excluding hydrogens is 329 g/mol. The second kappa shape index (κ2) is 5.52. The second-order valence-corrected chi connectivity index (χ2v) is 5.62. The quantitative estimate of drug-likeness (QED) is 0.532. The number of nitriles is 1. The molecule has 4 nitrogen and oxygen atoms in total. The molecule has 0 unspecified atom stereocenters. The minimum atomic E-state index is -0.521. The van der Waals surface area contributed by atoms with Crippen molar-refractivity contribution in [3.63, 3.8) is 0 Å². The number of rotatable bonds is 2. The molecule has 6 heteroatoms. The lowest BCUT2D eigenvalue weighted by atomic mass is 10.1. The number of anilines is 2. The second-order valence-electron chi connectivity index (χ2n) is 5.18. The van der Waals surface area contributed by atoms with Crippen LogP contribution in [0.25, 0.3) is 22.1 Å². The Morgan fingerprint density at radius 1 is 1.21 bits per heavy atom. The van der Waals surface area contributed by atoms with E-state index in [-0.39, 0.29) is 11.3 Å². The summed E-state index contributed by atoms with van der Waals surface area (Å²) in [4.78, 5) is 4.31. The highest BCUT2D eigenvalue weighted by Gasteiger charge is 2.17. The van der Waals surface area contributed by atoms with Crippen molar-refractivity contribution in [2.24, 2.45) is 0 Å². The Hall–Kier alpha value is -3.10. The molecule has 0 fully saturated rings. The topological polar surface area (TPSA) is 61.9 Å². The van der Waals surface area contributed by atoms with Crippen LogP contribution in [0.15, 0.2) is 53.1 Å². The lowest BCUT2D eigenvalue weighted by molar-refractivity contribution is 0.631. The molecule has 2 aromatic carbocycles. The summed E-state index contributed by atoms with van der Waals surface area (Å²) >= 11 is 5.78. The van der Waals surface area contributed by atoms with Crippen LogP contribution in [-0.4, -0.2) is 4.98 Å². The third kappa shape index (κ3) is 2.25. The van der Waals surface area contributed by atoms with Crippen molar-refractivity contribution >= 4 is 45.0 Å². The summed E-state index contributed by atoms with van der Waals surface area (Å²) in [5.41, 5.74) is 2.50. The predicted octanol–water partition coefficient (Wildman–Crippen LogP) is 5.39. The zero-order valence-corrected chi connectivity index (χ0v) is 12.9. The number of pyridine rings is 1. The summed E-state index contributed by atoms with van der Waals surface area (Å²) < 4.78 is 19.9. The fourth-order valence-corrected chi connectivity index (χ4v) is 2.74. The number of fused-ring (bicyclic) bond motifs is 3. The zero-order valence-electron chi connectivity index (χ0n) is 12.2. The van der Waals surface area contributed by atoms with E-state index >= 15 is 0 Å². The van der Waals surface area contributed by atoms with Gasteiger partial charge in [-0.2, -0.15) is 5.26 Å². The van der Waals surface area contributed by atoms with E-state index in [1.54, 1.807) is 6.07 Å². The molecule has 0 amide bonds. The summed E-state index contributed by atoms with van der Waals surface area (Å²) in [5, 5.41) is 13.4. The van der Waals surface area contributed by atoms with Gasteiger partial charge in [0.1, 0.15) is 28.7 Å². The molecule has 0 spiro atoms. The van der Waals surface area contributed by atoms with Gasteiger partial charge in [0.2, 0.25) is 0 Å². The minimum Gasteiger partial charge on any atom is -0.452 e. The monoisotopic (exact) mass is 337 g/mol. The summed E-state index contributed by atoms with van der Waals surface area (Å²) in [6.07, 6.45) is 1.44. The van der Waals surface area contributed by atoms with Gasteiger partial charge in [-0.3, -0.25) is 4.98 Å². The Balaban J connectivity index is 1.97. The Labute approximate surface area is 141 Å². The van der Waals surface area contributed by atoms with Gasteiger partial charge in [-0.05, 0) is 30.3 Å². The normalized spacial score (nSPS) is 10.9. The van der Waals surface area contributed by atoms with Crippen molar-refractivity contribution in [2.75, 3.05) is 5.32 Å². The van der Waals surface area contributed by atoms with Crippen molar-refractivity contribution in [3.05, 3.63) is 65.1 Å². The van der Waals surface area contributed by atoms with Crippen molar-refractivity contribution in [1.29, 1.82) is 5.26 Å². The Morgan fingerprint density at radius 2 is 2.04 bits per heavy atom. The number of aromatic nitrogens is 1. The van der Waals surface area contributed by atoms with Gasteiger partial charge < -0.3 is 9.73 Å². The smallest absolute Gasteiger partial charge is 0.178 e. The molecular formula is C18H9ClFN3O. The number of hydrogen-bond acceptors (Lipinski definition) is 4. The van der Waals surface area contributed by atoms with Gasteiger partial charge in [-0.25, -0.2) is 4.39 Å². The number of hydrogen-bond donors (Lipinski definition) is 1. The Morgan fingerprint density at radius 3 is 2.83 bits per heavy atom. The molecule has 2 aromatic heterocycles. The fourth-order valence-electron chi connectivity index (χ4n) is 2.58. The summed E-state index contributed by atoms with van der Waals surface area (Å²) in [6.45, 7) is 0. The van der Waals surface area contributed by atoms with E-state index in [4.69, 9.17) is 16.0 Å². The maximum Gasteiger partial charge on any atom is 0.178 e. The van der Waals surface area contributed by atoms with E-state index in [9.17, 15) is 9.65 Å². The maximum atomic E-state index is 14.1. The average Bonchev–Trinajstić information content (AvgIpc) is 2.96. The molecule has 0 saturated heterocycles. The van der Waals surface area contributed by atoms with Gasteiger partial charge in [0.25, 0.3) is 0 Å². The standard InChI is InChI=1S/C18H9ClFN3O/c19-11-5-6-14(13(20)7-11)23-16-10(8-21)9-22-17-12-3-1-2-4-15(12)24-18(16)17/h1-7,9H,(H,22,23). The molecule has 1 N–H and O–H groups in total. The number of halogens is 2. The van der Waals surface area contributed by atoms with Gasteiger partial charge in [0, 0.05) is 16.6 Å². The molecule has 0 aliphatic rings. The van der Waals surface area contributed by atoms with Crippen LogP contribution in [0.5, 0.6) is 0 Å². The van der Waals surface area contributed by atoms with E-state index in [2.05, 4.69) is 10.3 Å². The molecule has 0 aliphatic carbocycles. The van der Waals surface area contributed by atoms with Gasteiger partial charge in [-0.1, -0.05) is 23.7 Å². The minimum absolute atomic E-state index is 0.198. The van der Waals surface area contributed by atoms with E-state index in [0.717, 1.165) is 5.39 Å². The van der Waals surface area contributed by atoms with Crippen molar-refractivity contribution in [2.45, 2.75) is 0 Å². The fraction of sp³-hybridized carbons (Fsp3) is 0. The summed E-state index contributed by atoms with van der Waals surface area (Å²) in [7, 11) is 0. The number of para-hydroxylation sites is 1. The molecule has 4 rings (SSSR count). The highest BCUT2D eigenvalue weighted by atomic mass is 35.5. The van der Waals surface area contributed by atoms with Crippen LogP contribution in [0, 0.1) is 17.1 Å². The Kier molecular flexibility index (Phi) is 3.33. The highest BCUT2D eigenvalue weighted by molar-refractivity contribution is 6.30. The third-order valence-corrected chi connectivity index (χ3v) is 3.93. The van der Waals surface area contributed by atoms with Crippen LogP contribution in [0.1, 0.15) is 5.56 Å². The van der Waals surface area contributed by atoms with Crippen LogP contribution < -0.4 is 5.32 Å². The van der Waals surface area contributed by atoms with Crippen molar-refractivity contribution in [1.82, 2.24) is 4.98 Å². The SMILES string of the molecule is N#Cc1cnc2c(oc3ccccc32)c1Nc1ccc(Cl)cc1F. The first-order chi connectivity index (χ1) is 11.7. The van der Waals surface area contributed by atoms with Gasteiger partial charge in [-0.15, -0.1) is 0 Å². The lowest BCUT2D eigenvalue weighted by Crippen LogP contribution is -1.98. The van der Waals surface area contributed by atoms with E-state index in [1.165, 1.54) is 18.3 Å². The van der Waals surface area contributed by atoms with E-state index in [0.29, 0.717) is 27.4 Å². The largest absolute Gasteiger partial charge is 0.452 e. The number of nitrogens with zero attached hydrogens (tertiary/aromatic N) is 2. The van der Waals surface area contributed by atoms with Crippen LogP contribution in [-0.2, 0) is 0 Å². The van der Waals surface area contributed by atoms with Gasteiger partial charge >= 0.3 is 0 Å². The van der Waals surface area contributed by atoms with Crippen molar-refractivity contribution < 1.29 is 8.81 Å². The highest BCUT2D eigenvalue weighted by Crippen LogP contribution is 2.35. The van der Waals surface area contributed by atoms with Gasteiger partial charge in [0.15, 0.2) is 5.58 Å². The molecule has 0 radical (unpaired) electrons. The molecule has 0 aliphatic heterocycles. The number of nitrogens with one attached hydrogen (secondary N) is 1. The van der Waals surface area contributed by atoms with Gasteiger partial charge in [0.05, 0.1) is 11.3 Å². The molecule has 0 saturated carbocycles. The zero-order chi connectivity index (χ0) is 16.7. The van der Waals surface area contributed by atoms with E-state index in [1.807, 2.05) is 30.3 Å². The maximum absolute atomic E-state index is 14.1. The van der Waals surface area contributed by atoms with E-state index < -0.39 is 5.82 Å². The average molecular weight is 338 g/mol. The van der Waals surface area contributed by atoms with Crippen LogP contribution in [0.4, 0.5) is 15.8 Å². The molecule has 116 valence electrons. The number of benzene rings is 2. The third-order valence-electron chi connectivity index (χ3n) is 3.70. The number of furan rings is 1. The molecule has 4 aromatic rings. The van der Waals surface area contributed by atoms with Crippen LogP contribution in [0.3, 0.4) is 0 Å². The molecule has 0 bridgehead atoms. The summed E-state index contributed by atoms with van der Waals surface area (Å²) in [6, 6.07) is 13.7. The van der Waals surface area contributed by atoms with Crippen molar-refractivity contribution in [3.8, 4) is 6.07 Å².